The van der Waals surface area contributed by atoms with Gasteiger partial charge in [0.05, 0.1) is 5.69 Å². The summed E-state index contributed by atoms with van der Waals surface area (Å²) in [5, 5.41) is 0. The number of rotatable bonds is 2. The van der Waals surface area contributed by atoms with E-state index in [1.807, 2.05) is 6.92 Å². The molecule has 0 bridgehead atoms. The Morgan fingerprint density at radius 2 is 2.36 bits per heavy atom. The first kappa shape index (κ1) is 8.62. The van der Waals surface area contributed by atoms with Crippen molar-refractivity contribution in [2.75, 3.05) is 0 Å². The Balaban J connectivity index is 2.62. The van der Waals surface area contributed by atoms with Crippen LogP contribution in [0, 0.1) is 6.92 Å². The van der Waals surface area contributed by atoms with Crippen molar-refractivity contribution in [3.05, 3.63) is 36.1 Å². The number of hydrogen-bond donors (Lipinski definition) is 0. The molecule has 0 aliphatic carbocycles. The normalized spacial score (nSPS) is 10.1. The van der Waals surface area contributed by atoms with Gasteiger partial charge in [-0.05, 0) is 13.0 Å². The molecule has 4 heteroatoms. The second kappa shape index (κ2) is 3.41. The van der Waals surface area contributed by atoms with Gasteiger partial charge in [-0.25, -0.2) is 4.98 Å². The summed E-state index contributed by atoms with van der Waals surface area (Å²) in [6.07, 6.45) is 5.29. The zero-order valence-corrected chi connectivity index (χ0v) is 7.60. The molecule has 0 radical (unpaired) electrons. The molecule has 2 aromatic rings. The zero-order valence-electron chi connectivity index (χ0n) is 7.60. The van der Waals surface area contributed by atoms with Crippen molar-refractivity contribution in [1.29, 1.82) is 0 Å². The van der Waals surface area contributed by atoms with Crippen LogP contribution in [0.3, 0.4) is 0 Å². The second-order valence-electron chi connectivity index (χ2n) is 2.85. The molecule has 0 aliphatic rings. The Morgan fingerprint density at radius 3 is 3.00 bits per heavy atom. The molecule has 0 unspecified atom stereocenters. The highest BCUT2D eigenvalue weighted by molar-refractivity contribution is 5.85. The van der Waals surface area contributed by atoms with E-state index in [2.05, 4.69) is 9.97 Å². The molecule has 0 saturated heterocycles. The van der Waals surface area contributed by atoms with Gasteiger partial charge in [-0.3, -0.25) is 9.78 Å². The quantitative estimate of drug-likeness (QED) is 0.675. The average Bonchev–Trinajstić information content (AvgIpc) is 2.64. The van der Waals surface area contributed by atoms with E-state index in [1.54, 1.807) is 18.5 Å². The molecule has 0 aliphatic heterocycles. The predicted molar refractivity (Wildman–Crippen MR) is 49.9 cm³/mol. The number of aldehydes is 1. The number of hydrogen-bond acceptors (Lipinski definition) is 4. The van der Waals surface area contributed by atoms with E-state index in [1.165, 1.54) is 6.39 Å². The summed E-state index contributed by atoms with van der Waals surface area (Å²) in [6.45, 7) is 1.82. The van der Waals surface area contributed by atoms with Gasteiger partial charge in [-0.15, -0.1) is 0 Å². The maximum absolute atomic E-state index is 10.7. The smallest absolute Gasteiger partial charge is 0.181 e. The monoisotopic (exact) mass is 188 g/mol. The predicted octanol–water partition coefficient (Wildman–Crippen LogP) is 1.86. The molecule has 70 valence electrons. The summed E-state index contributed by atoms with van der Waals surface area (Å²) in [4.78, 5) is 18.6. The van der Waals surface area contributed by atoms with Gasteiger partial charge in [0.2, 0.25) is 0 Å². The summed E-state index contributed by atoms with van der Waals surface area (Å²) in [6, 6.07) is 1.64. The Labute approximate surface area is 80.6 Å². The van der Waals surface area contributed by atoms with Crippen LogP contribution in [-0.2, 0) is 0 Å². The lowest BCUT2D eigenvalue weighted by atomic mass is 10.1. The van der Waals surface area contributed by atoms with Gasteiger partial charge in [-0.1, -0.05) is 0 Å². The molecule has 0 aromatic carbocycles. The molecule has 0 fully saturated rings. The molecule has 2 heterocycles. The SMILES string of the molecule is Cc1ncoc1-c1cnccc1C=O. The van der Waals surface area contributed by atoms with Gasteiger partial charge in [-0.2, -0.15) is 0 Å². The number of carbonyl (C=O) groups excluding carboxylic acids is 1. The van der Waals surface area contributed by atoms with Gasteiger partial charge in [0.15, 0.2) is 18.4 Å². The van der Waals surface area contributed by atoms with Crippen LogP contribution < -0.4 is 0 Å². The lowest BCUT2D eigenvalue weighted by molar-refractivity contribution is 0.112. The van der Waals surface area contributed by atoms with E-state index in [9.17, 15) is 4.79 Å². The molecule has 0 spiro atoms. The maximum Gasteiger partial charge on any atom is 0.181 e. The van der Waals surface area contributed by atoms with Gasteiger partial charge >= 0.3 is 0 Å². The first-order chi connectivity index (χ1) is 6.83. The van der Waals surface area contributed by atoms with E-state index in [4.69, 9.17) is 4.42 Å². The van der Waals surface area contributed by atoms with Crippen molar-refractivity contribution in [2.24, 2.45) is 0 Å². The lowest BCUT2D eigenvalue weighted by Crippen LogP contribution is -1.88. The fourth-order valence-electron chi connectivity index (χ4n) is 1.26. The Morgan fingerprint density at radius 1 is 1.50 bits per heavy atom. The molecular formula is C10H8N2O2. The standard InChI is InChI=1S/C10H8N2O2/c1-7-10(14-6-12-7)9-4-11-3-2-8(9)5-13/h2-6H,1H3. The fraction of sp³-hybridized carbons (Fsp3) is 0.100. The van der Waals surface area contributed by atoms with Gasteiger partial charge in [0.1, 0.15) is 0 Å². The maximum atomic E-state index is 10.7. The highest BCUT2D eigenvalue weighted by Crippen LogP contribution is 2.23. The van der Waals surface area contributed by atoms with Gasteiger partial charge in [0.25, 0.3) is 0 Å². The Kier molecular flexibility index (Phi) is 2.10. The summed E-state index contributed by atoms with van der Waals surface area (Å²) in [5.74, 6) is 0.597. The summed E-state index contributed by atoms with van der Waals surface area (Å²) < 4.78 is 5.18. The molecule has 4 nitrogen and oxygen atoms in total. The first-order valence-electron chi connectivity index (χ1n) is 4.12. The van der Waals surface area contributed by atoms with Crippen LogP contribution in [0.4, 0.5) is 0 Å². The Bertz CT molecular complexity index is 463. The van der Waals surface area contributed by atoms with Crippen molar-refractivity contribution in [1.82, 2.24) is 9.97 Å². The van der Waals surface area contributed by atoms with E-state index in [0.29, 0.717) is 16.9 Å². The largest absolute Gasteiger partial charge is 0.443 e. The van der Waals surface area contributed by atoms with Crippen molar-refractivity contribution >= 4 is 6.29 Å². The number of aromatic nitrogens is 2. The van der Waals surface area contributed by atoms with Crippen molar-refractivity contribution < 1.29 is 9.21 Å². The average molecular weight is 188 g/mol. The van der Waals surface area contributed by atoms with E-state index >= 15 is 0 Å². The highest BCUT2D eigenvalue weighted by Gasteiger charge is 2.10. The number of carbonyl (C=O) groups is 1. The molecule has 0 saturated carbocycles. The summed E-state index contributed by atoms with van der Waals surface area (Å²) in [7, 11) is 0. The minimum absolute atomic E-state index is 0.555. The third-order valence-electron chi connectivity index (χ3n) is 1.97. The fourth-order valence-corrected chi connectivity index (χ4v) is 1.26. The minimum atomic E-state index is 0.555. The number of nitrogens with zero attached hydrogens (tertiary/aromatic N) is 2. The van der Waals surface area contributed by atoms with Crippen LogP contribution >= 0.6 is 0 Å². The van der Waals surface area contributed by atoms with Crippen LogP contribution in [0.2, 0.25) is 0 Å². The van der Waals surface area contributed by atoms with Crippen LogP contribution in [0.1, 0.15) is 16.1 Å². The molecule has 0 amide bonds. The van der Waals surface area contributed by atoms with Crippen molar-refractivity contribution in [2.45, 2.75) is 6.92 Å². The molecule has 0 N–H and O–H groups in total. The third kappa shape index (κ3) is 1.31. The van der Waals surface area contributed by atoms with Crippen LogP contribution in [0.25, 0.3) is 11.3 Å². The van der Waals surface area contributed by atoms with Crippen LogP contribution in [-0.4, -0.2) is 16.3 Å². The number of pyridine rings is 1. The highest BCUT2D eigenvalue weighted by atomic mass is 16.3. The topological polar surface area (TPSA) is 56.0 Å². The van der Waals surface area contributed by atoms with Crippen LogP contribution in [0.15, 0.2) is 29.3 Å². The van der Waals surface area contributed by atoms with E-state index in [0.717, 1.165) is 12.0 Å². The zero-order chi connectivity index (χ0) is 9.97. The molecular weight excluding hydrogens is 180 g/mol. The molecule has 2 rings (SSSR count). The van der Waals surface area contributed by atoms with Gasteiger partial charge in [0, 0.05) is 23.5 Å². The third-order valence-corrected chi connectivity index (χ3v) is 1.97. The minimum Gasteiger partial charge on any atom is -0.443 e. The van der Waals surface area contributed by atoms with Crippen LogP contribution in [0.5, 0.6) is 0 Å². The molecule has 14 heavy (non-hydrogen) atoms. The van der Waals surface area contributed by atoms with E-state index in [-0.39, 0.29) is 0 Å². The van der Waals surface area contributed by atoms with E-state index < -0.39 is 0 Å². The van der Waals surface area contributed by atoms with Crippen molar-refractivity contribution in [3.8, 4) is 11.3 Å². The number of aryl methyl sites for hydroxylation is 1. The molecule has 2 aromatic heterocycles. The molecule has 0 atom stereocenters. The lowest BCUT2D eigenvalue weighted by Gasteiger charge is -1.99. The number of oxazole rings is 1. The van der Waals surface area contributed by atoms with Crippen molar-refractivity contribution in [3.63, 3.8) is 0 Å². The Hall–Kier alpha value is -1.97. The summed E-state index contributed by atoms with van der Waals surface area (Å²) >= 11 is 0. The summed E-state index contributed by atoms with van der Waals surface area (Å²) in [5.41, 5.74) is 1.98. The first-order valence-corrected chi connectivity index (χ1v) is 4.12. The second-order valence-corrected chi connectivity index (χ2v) is 2.85. The van der Waals surface area contributed by atoms with Gasteiger partial charge < -0.3 is 4.42 Å².